The van der Waals surface area contributed by atoms with Gasteiger partial charge in [0.15, 0.2) is 0 Å². The summed E-state index contributed by atoms with van der Waals surface area (Å²) >= 11 is 1.09. The Morgan fingerprint density at radius 2 is 1.96 bits per heavy atom. The Bertz CT molecular complexity index is 868. The van der Waals surface area contributed by atoms with E-state index in [0.29, 0.717) is 29.2 Å². The molecule has 0 radical (unpaired) electrons. The van der Waals surface area contributed by atoms with Gasteiger partial charge in [0.05, 0.1) is 0 Å². The van der Waals surface area contributed by atoms with Crippen LogP contribution in [0.4, 0.5) is 4.39 Å². The van der Waals surface area contributed by atoms with Crippen LogP contribution in [0.2, 0.25) is 0 Å². The number of hydrogen-bond acceptors (Lipinski definition) is 4. The average Bonchev–Trinajstić information content (AvgIpc) is 2.91. The van der Waals surface area contributed by atoms with E-state index in [2.05, 4.69) is 5.32 Å². The van der Waals surface area contributed by atoms with Gasteiger partial charge in [-0.05, 0) is 66.1 Å². The third-order valence-electron chi connectivity index (χ3n) is 5.17. The van der Waals surface area contributed by atoms with Crippen LogP contribution >= 0.6 is 23.7 Å². The van der Waals surface area contributed by atoms with Crippen LogP contribution in [-0.4, -0.2) is 47.6 Å². The first-order valence-corrected chi connectivity index (χ1v) is 9.53. The molecular formula is C19H20ClFN2O3S. The largest absolute Gasteiger partial charge is 0.477 e. The van der Waals surface area contributed by atoms with Gasteiger partial charge in [-0.2, -0.15) is 0 Å². The fourth-order valence-corrected chi connectivity index (χ4v) is 4.58. The molecule has 0 unspecified atom stereocenters. The van der Waals surface area contributed by atoms with Crippen molar-refractivity contribution in [3.8, 4) is 11.1 Å². The number of fused-ring (bicyclic) bond motifs is 4. The molecule has 1 aromatic heterocycles. The second kappa shape index (κ2) is 7.96. The molecule has 3 aliphatic rings. The quantitative estimate of drug-likeness (QED) is 0.812. The maximum atomic E-state index is 14.2. The zero-order valence-electron chi connectivity index (χ0n) is 14.5. The summed E-state index contributed by atoms with van der Waals surface area (Å²) in [5.41, 5.74) is 1.45. The zero-order valence-corrected chi connectivity index (χ0v) is 16.1. The maximum absolute atomic E-state index is 14.2. The van der Waals surface area contributed by atoms with Crippen LogP contribution in [0, 0.1) is 11.7 Å². The van der Waals surface area contributed by atoms with Crippen molar-refractivity contribution in [2.24, 2.45) is 5.92 Å². The molecule has 1 aromatic carbocycles. The summed E-state index contributed by atoms with van der Waals surface area (Å²) in [6.07, 6.45) is 2.08. The molecular weight excluding hydrogens is 391 g/mol. The van der Waals surface area contributed by atoms with Crippen molar-refractivity contribution < 1.29 is 19.1 Å². The molecule has 2 N–H and O–H groups in total. The van der Waals surface area contributed by atoms with Crippen molar-refractivity contribution in [2.45, 2.75) is 18.9 Å². The summed E-state index contributed by atoms with van der Waals surface area (Å²) in [6.45, 7) is 2.39. The van der Waals surface area contributed by atoms with Crippen LogP contribution in [0.5, 0.6) is 0 Å². The SMILES string of the molecule is Cl.O=C(O)c1cc(-c2cc(F)cc(C(=O)N3C[C@@H]4CC[C@H]3CNC4)c2)cs1. The number of amides is 1. The molecule has 3 fully saturated rings. The number of benzene rings is 1. The highest BCUT2D eigenvalue weighted by Crippen LogP contribution is 2.30. The number of nitrogens with one attached hydrogen (secondary N) is 1. The van der Waals surface area contributed by atoms with Gasteiger partial charge in [0.25, 0.3) is 5.91 Å². The van der Waals surface area contributed by atoms with E-state index in [4.69, 9.17) is 5.11 Å². The monoisotopic (exact) mass is 410 g/mol. The van der Waals surface area contributed by atoms with E-state index in [0.717, 1.165) is 37.3 Å². The number of carboxylic acid groups (broad SMARTS) is 1. The van der Waals surface area contributed by atoms with Gasteiger partial charge in [0.1, 0.15) is 10.7 Å². The molecule has 2 bridgehead atoms. The van der Waals surface area contributed by atoms with Crippen molar-refractivity contribution in [3.63, 3.8) is 0 Å². The van der Waals surface area contributed by atoms with E-state index >= 15 is 0 Å². The molecule has 144 valence electrons. The van der Waals surface area contributed by atoms with Gasteiger partial charge >= 0.3 is 5.97 Å². The topological polar surface area (TPSA) is 69.6 Å². The van der Waals surface area contributed by atoms with Gasteiger partial charge in [-0.15, -0.1) is 23.7 Å². The Morgan fingerprint density at radius 1 is 1.15 bits per heavy atom. The smallest absolute Gasteiger partial charge is 0.345 e. The Hall–Kier alpha value is -1.96. The summed E-state index contributed by atoms with van der Waals surface area (Å²) in [5.74, 6) is -1.22. The van der Waals surface area contributed by atoms with Gasteiger partial charge in [0.2, 0.25) is 0 Å². The lowest BCUT2D eigenvalue weighted by atomic mass is 9.94. The Labute approximate surface area is 166 Å². The number of aromatic carboxylic acids is 1. The van der Waals surface area contributed by atoms with Crippen molar-refractivity contribution >= 4 is 35.6 Å². The highest BCUT2D eigenvalue weighted by Gasteiger charge is 2.34. The third kappa shape index (κ3) is 4.00. The summed E-state index contributed by atoms with van der Waals surface area (Å²) in [6, 6.07) is 5.91. The van der Waals surface area contributed by atoms with Crippen LogP contribution in [-0.2, 0) is 0 Å². The number of piperidine rings is 1. The minimum absolute atomic E-state index is 0. The highest BCUT2D eigenvalue weighted by atomic mass is 35.5. The van der Waals surface area contributed by atoms with E-state index in [-0.39, 0.29) is 29.2 Å². The summed E-state index contributed by atoms with van der Waals surface area (Å²) in [7, 11) is 0. The molecule has 8 heteroatoms. The normalized spacial score (nSPS) is 21.4. The van der Waals surface area contributed by atoms with Gasteiger partial charge in [-0.3, -0.25) is 4.79 Å². The van der Waals surface area contributed by atoms with Crippen LogP contribution in [0.25, 0.3) is 11.1 Å². The third-order valence-corrected chi connectivity index (χ3v) is 6.08. The van der Waals surface area contributed by atoms with Gasteiger partial charge in [-0.25, -0.2) is 9.18 Å². The van der Waals surface area contributed by atoms with E-state index in [9.17, 15) is 14.0 Å². The molecule has 3 aliphatic heterocycles. The molecule has 0 aliphatic carbocycles. The van der Waals surface area contributed by atoms with Crippen molar-refractivity contribution in [1.29, 1.82) is 0 Å². The fourth-order valence-electron chi connectivity index (χ4n) is 3.83. The fraction of sp³-hybridized carbons (Fsp3) is 0.368. The van der Waals surface area contributed by atoms with E-state index in [1.54, 1.807) is 11.4 Å². The molecule has 27 heavy (non-hydrogen) atoms. The lowest BCUT2D eigenvalue weighted by Crippen LogP contribution is -2.47. The molecule has 2 aromatic rings. The average molecular weight is 411 g/mol. The summed E-state index contributed by atoms with van der Waals surface area (Å²) < 4.78 is 14.2. The number of carbonyl (C=O) groups is 2. The lowest BCUT2D eigenvalue weighted by Gasteiger charge is -2.36. The van der Waals surface area contributed by atoms with Crippen molar-refractivity contribution in [2.75, 3.05) is 19.6 Å². The highest BCUT2D eigenvalue weighted by molar-refractivity contribution is 7.12. The predicted molar refractivity (Wildman–Crippen MR) is 104 cm³/mol. The maximum Gasteiger partial charge on any atom is 0.345 e. The van der Waals surface area contributed by atoms with E-state index in [1.165, 1.54) is 18.2 Å². The minimum Gasteiger partial charge on any atom is -0.477 e. The second-order valence-corrected chi connectivity index (χ2v) is 7.86. The minimum atomic E-state index is -1.01. The number of rotatable bonds is 3. The number of carboxylic acids is 1. The number of nitrogens with zero attached hydrogens (tertiary/aromatic N) is 1. The van der Waals surface area contributed by atoms with Gasteiger partial charge < -0.3 is 15.3 Å². The molecule has 5 rings (SSSR count). The molecule has 4 heterocycles. The summed E-state index contributed by atoms with van der Waals surface area (Å²) in [4.78, 5) is 26.2. The van der Waals surface area contributed by atoms with Gasteiger partial charge in [0, 0.05) is 24.7 Å². The number of thiophene rings is 1. The summed E-state index contributed by atoms with van der Waals surface area (Å²) in [5, 5.41) is 14.1. The first-order chi connectivity index (χ1) is 12.5. The van der Waals surface area contributed by atoms with Crippen LogP contribution in [0.1, 0.15) is 32.9 Å². The molecule has 3 saturated heterocycles. The van der Waals surface area contributed by atoms with E-state index in [1.807, 2.05) is 4.90 Å². The van der Waals surface area contributed by atoms with Crippen LogP contribution < -0.4 is 5.32 Å². The Balaban J connectivity index is 0.00000210. The molecule has 0 spiro atoms. The number of hydrogen-bond donors (Lipinski definition) is 2. The zero-order chi connectivity index (χ0) is 18.3. The second-order valence-electron chi connectivity index (χ2n) is 6.95. The number of carbonyl (C=O) groups excluding carboxylic acids is 1. The van der Waals surface area contributed by atoms with Crippen LogP contribution in [0.15, 0.2) is 29.6 Å². The molecule has 5 nitrogen and oxygen atoms in total. The molecule has 0 saturated carbocycles. The first-order valence-electron chi connectivity index (χ1n) is 8.66. The molecule has 1 amide bonds. The first kappa shape index (κ1) is 19.8. The Kier molecular flexibility index (Phi) is 5.83. The standard InChI is InChI=1S/C19H19FN2O3S.ClH/c20-15-4-12(14-6-17(19(24)25)26-10-14)3-13(5-15)18(23)22-9-11-1-2-16(22)8-21-7-11;/h3-6,10-11,16,21H,1-2,7-9H2,(H,24,25);1H/t11-,16+;/m1./s1. The number of halogens is 2. The van der Waals surface area contributed by atoms with Crippen molar-refractivity contribution in [3.05, 3.63) is 45.9 Å². The Morgan fingerprint density at radius 3 is 2.70 bits per heavy atom. The molecule has 2 atom stereocenters. The predicted octanol–water partition coefficient (Wildman–Crippen LogP) is 3.50. The van der Waals surface area contributed by atoms with Gasteiger partial charge in [-0.1, -0.05) is 0 Å². The lowest BCUT2D eigenvalue weighted by molar-refractivity contribution is 0.0590. The van der Waals surface area contributed by atoms with E-state index < -0.39 is 11.8 Å². The van der Waals surface area contributed by atoms with Crippen LogP contribution in [0.3, 0.4) is 0 Å². The van der Waals surface area contributed by atoms with Crippen molar-refractivity contribution in [1.82, 2.24) is 10.2 Å².